The second-order valence-corrected chi connectivity index (χ2v) is 5.94. The van der Waals surface area contributed by atoms with Gasteiger partial charge in [0, 0.05) is 6.42 Å². The molecule has 0 saturated heterocycles. The molecule has 1 atom stereocenters. The molecule has 0 aliphatic rings. The highest BCUT2D eigenvalue weighted by molar-refractivity contribution is 5.76. The minimum atomic E-state index is -0.0327. The fraction of sp³-hybridized carbons (Fsp3) is 0.350. The van der Waals surface area contributed by atoms with E-state index in [1.165, 1.54) is 5.56 Å². The molecule has 2 aromatic carbocycles. The Bertz CT molecular complexity index is 635. The molecule has 1 N–H and O–H groups in total. The Morgan fingerprint density at radius 1 is 1.04 bits per heavy atom. The summed E-state index contributed by atoms with van der Waals surface area (Å²) >= 11 is 0. The van der Waals surface area contributed by atoms with E-state index >= 15 is 0 Å². The minimum absolute atomic E-state index is 0.0327. The Morgan fingerprint density at radius 3 is 2.29 bits per heavy atom. The number of carbonyl (C=O) groups is 1. The standard InChI is InChI=1S/C20H25NO3/c1-15-4-9-19(10-5-15)24-14-16(2)21-20(22)13-8-17-6-11-18(23-3)12-7-17/h4-7,9-12,16H,8,13-14H2,1-3H3,(H,21,22)/t16-/m1/s1. The minimum Gasteiger partial charge on any atom is -0.497 e. The molecule has 0 fully saturated rings. The topological polar surface area (TPSA) is 47.6 Å². The Kier molecular flexibility index (Phi) is 6.67. The second kappa shape index (κ2) is 8.96. The van der Waals surface area contributed by atoms with Gasteiger partial charge in [-0.1, -0.05) is 29.8 Å². The van der Waals surface area contributed by atoms with Gasteiger partial charge in [-0.15, -0.1) is 0 Å². The second-order valence-electron chi connectivity index (χ2n) is 5.94. The van der Waals surface area contributed by atoms with Crippen LogP contribution in [0.1, 0.15) is 24.5 Å². The molecule has 2 rings (SSSR count). The van der Waals surface area contributed by atoms with Crippen molar-refractivity contribution in [3.8, 4) is 11.5 Å². The molecule has 0 aliphatic heterocycles. The van der Waals surface area contributed by atoms with Gasteiger partial charge in [0.05, 0.1) is 13.2 Å². The summed E-state index contributed by atoms with van der Waals surface area (Å²) < 4.78 is 10.8. The first-order valence-electron chi connectivity index (χ1n) is 8.18. The average molecular weight is 327 g/mol. The molecule has 0 unspecified atom stereocenters. The molecule has 0 aromatic heterocycles. The molecule has 1 amide bonds. The number of aryl methyl sites for hydroxylation is 2. The zero-order chi connectivity index (χ0) is 17.4. The van der Waals surface area contributed by atoms with E-state index in [-0.39, 0.29) is 11.9 Å². The number of benzene rings is 2. The molecule has 4 heteroatoms. The molecule has 2 aromatic rings. The molecule has 0 heterocycles. The lowest BCUT2D eigenvalue weighted by Crippen LogP contribution is -2.36. The van der Waals surface area contributed by atoms with Gasteiger partial charge in [0.1, 0.15) is 18.1 Å². The molecule has 0 radical (unpaired) electrons. The highest BCUT2D eigenvalue weighted by Gasteiger charge is 2.08. The summed E-state index contributed by atoms with van der Waals surface area (Å²) in [5.41, 5.74) is 2.32. The highest BCUT2D eigenvalue weighted by Crippen LogP contribution is 2.13. The van der Waals surface area contributed by atoms with Crippen LogP contribution in [-0.4, -0.2) is 25.7 Å². The molecule has 4 nitrogen and oxygen atoms in total. The summed E-state index contributed by atoms with van der Waals surface area (Å²) in [7, 11) is 1.64. The largest absolute Gasteiger partial charge is 0.497 e. The number of methoxy groups -OCH3 is 1. The van der Waals surface area contributed by atoms with Crippen LogP contribution in [0.15, 0.2) is 48.5 Å². The van der Waals surface area contributed by atoms with Crippen LogP contribution in [0.4, 0.5) is 0 Å². The first-order chi connectivity index (χ1) is 11.6. The van der Waals surface area contributed by atoms with Crippen molar-refractivity contribution in [1.29, 1.82) is 0 Å². The van der Waals surface area contributed by atoms with Crippen molar-refractivity contribution < 1.29 is 14.3 Å². The Balaban J connectivity index is 1.69. The van der Waals surface area contributed by atoms with Gasteiger partial charge in [0.15, 0.2) is 0 Å². The predicted molar refractivity (Wildman–Crippen MR) is 95.6 cm³/mol. The van der Waals surface area contributed by atoms with Gasteiger partial charge < -0.3 is 14.8 Å². The summed E-state index contributed by atoms with van der Waals surface area (Å²) in [5, 5.41) is 2.97. The van der Waals surface area contributed by atoms with Crippen LogP contribution >= 0.6 is 0 Å². The van der Waals surface area contributed by atoms with Crippen molar-refractivity contribution in [1.82, 2.24) is 5.32 Å². The lowest BCUT2D eigenvalue weighted by Gasteiger charge is -2.15. The summed E-state index contributed by atoms with van der Waals surface area (Å²) in [6.07, 6.45) is 1.17. The van der Waals surface area contributed by atoms with Gasteiger partial charge in [-0.3, -0.25) is 4.79 Å². The Morgan fingerprint density at radius 2 is 1.67 bits per heavy atom. The third kappa shape index (κ3) is 5.95. The number of hydrogen-bond donors (Lipinski definition) is 1. The lowest BCUT2D eigenvalue weighted by atomic mass is 10.1. The Labute approximate surface area is 143 Å². The van der Waals surface area contributed by atoms with E-state index in [1.54, 1.807) is 7.11 Å². The molecule has 0 bridgehead atoms. The summed E-state index contributed by atoms with van der Waals surface area (Å²) in [4.78, 5) is 12.0. The van der Waals surface area contributed by atoms with Crippen molar-refractivity contribution in [2.24, 2.45) is 0 Å². The third-order valence-electron chi connectivity index (χ3n) is 3.73. The van der Waals surface area contributed by atoms with Crippen LogP contribution in [0.3, 0.4) is 0 Å². The van der Waals surface area contributed by atoms with E-state index in [0.717, 1.165) is 17.1 Å². The zero-order valence-corrected chi connectivity index (χ0v) is 14.5. The van der Waals surface area contributed by atoms with Crippen LogP contribution in [0.5, 0.6) is 11.5 Å². The maximum absolute atomic E-state index is 12.0. The van der Waals surface area contributed by atoms with Crippen molar-refractivity contribution in [2.75, 3.05) is 13.7 Å². The summed E-state index contributed by atoms with van der Waals surface area (Å²) in [6.45, 7) is 4.44. The molecule has 128 valence electrons. The molecule has 0 aliphatic carbocycles. The fourth-order valence-corrected chi connectivity index (χ4v) is 2.29. The van der Waals surface area contributed by atoms with Crippen LogP contribution in [0.2, 0.25) is 0 Å². The van der Waals surface area contributed by atoms with Crippen molar-refractivity contribution >= 4 is 5.91 Å². The summed E-state index contributed by atoms with van der Waals surface area (Å²) in [6, 6.07) is 15.6. The average Bonchev–Trinajstić information content (AvgIpc) is 2.60. The van der Waals surface area contributed by atoms with Gasteiger partial charge in [0.25, 0.3) is 0 Å². The van der Waals surface area contributed by atoms with Gasteiger partial charge in [0.2, 0.25) is 5.91 Å². The zero-order valence-electron chi connectivity index (χ0n) is 14.5. The van der Waals surface area contributed by atoms with Crippen molar-refractivity contribution in [3.05, 3.63) is 59.7 Å². The summed E-state index contributed by atoms with van der Waals surface area (Å²) in [5.74, 6) is 1.68. The van der Waals surface area contributed by atoms with Gasteiger partial charge >= 0.3 is 0 Å². The van der Waals surface area contributed by atoms with Crippen LogP contribution in [-0.2, 0) is 11.2 Å². The van der Waals surface area contributed by atoms with Crippen LogP contribution < -0.4 is 14.8 Å². The molecule has 0 saturated carbocycles. The number of nitrogens with one attached hydrogen (secondary N) is 1. The fourth-order valence-electron chi connectivity index (χ4n) is 2.29. The predicted octanol–water partition coefficient (Wildman–Crippen LogP) is 3.52. The SMILES string of the molecule is COc1ccc(CCC(=O)N[C@H](C)COc2ccc(C)cc2)cc1. The number of rotatable bonds is 8. The first-order valence-corrected chi connectivity index (χ1v) is 8.18. The maximum Gasteiger partial charge on any atom is 0.220 e. The maximum atomic E-state index is 12.0. The first kappa shape index (κ1) is 17.9. The number of carbonyl (C=O) groups excluding carboxylic acids is 1. The van der Waals surface area contributed by atoms with Crippen molar-refractivity contribution in [2.45, 2.75) is 32.7 Å². The number of hydrogen-bond acceptors (Lipinski definition) is 3. The van der Waals surface area contributed by atoms with Crippen LogP contribution in [0, 0.1) is 6.92 Å². The quantitative estimate of drug-likeness (QED) is 0.807. The molecule has 0 spiro atoms. The Hall–Kier alpha value is -2.49. The van der Waals surface area contributed by atoms with Gasteiger partial charge in [-0.2, -0.15) is 0 Å². The van der Waals surface area contributed by atoms with Crippen LogP contribution in [0.25, 0.3) is 0 Å². The van der Waals surface area contributed by atoms with E-state index in [4.69, 9.17) is 9.47 Å². The van der Waals surface area contributed by atoms with E-state index in [0.29, 0.717) is 19.4 Å². The van der Waals surface area contributed by atoms with E-state index in [9.17, 15) is 4.79 Å². The number of amides is 1. The molecular formula is C20H25NO3. The normalized spacial score (nSPS) is 11.6. The smallest absolute Gasteiger partial charge is 0.220 e. The monoisotopic (exact) mass is 327 g/mol. The van der Waals surface area contributed by atoms with Crippen molar-refractivity contribution in [3.63, 3.8) is 0 Å². The molecular weight excluding hydrogens is 302 g/mol. The van der Waals surface area contributed by atoms with Gasteiger partial charge in [-0.25, -0.2) is 0 Å². The third-order valence-corrected chi connectivity index (χ3v) is 3.73. The highest BCUT2D eigenvalue weighted by atomic mass is 16.5. The lowest BCUT2D eigenvalue weighted by molar-refractivity contribution is -0.121. The van der Waals surface area contributed by atoms with E-state index in [1.807, 2.05) is 62.4 Å². The molecule has 24 heavy (non-hydrogen) atoms. The van der Waals surface area contributed by atoms with Gasteiger partial charge in [-0.05, 0) is 50.1 Å². The van der Waals surface area contributed by atoms with E-state index in [2.05, 4.69) is 5.32 Å². The number of ether oxygens (including phenoxy) is 2. The van der Waals surface area contributed by atoms with E-state index < -0.39 is 0 Å².